The summed E-state index contributed by atoms with van der Waals surface area (Å²) in [5.74, 6) is -3.33. The van der Waals surface area contributed by atoms with Gasteiger partial charge in [0.15, 0.2) is 18.9 Å². The largest absolute Gasteiger partial charge is 0.472 e. The highest BCUT2D eigenvalue weighted by molar-refractivity contribution is 7.47. The Balaban J connectivity index is 0.00000388. The Bertz CT molecular complexity index is 2110. The second-order valence-corrected chi connectivity index (χ2v) is 24.8. The van der Waals surface area contributed by atoms with E-state index >= 15 is 0 Å². The van der Waals surface area contributed by atoms with E-state index in [0.717, 1.165) is 0 Å². The minimum atomic E-state index is -5.00. The third kappa shape index (κ3) is 22.6. The predicted molar refractivity (Wildman–Crippen MR) is 305 cm³/mol. The van der Waals surface area contributed by atoms with Crippen LogP contribution in [-0.2, 0) is 74.8 Å². The van der Waals surface area contributed by atoms with E-state index in [-0.39, 0.29) is 117 Å². The predicted octanol–water partition coefficient (Wildman–Crippen LogP) is -0.895. The fourth-order valence-corrected chi connectivity index (χ4v) is 13.0. The first kappa shape index (κ1) is 79.2. The normalized spacial score (nSPS) is 36.6. The van der Waals surface area contributed by atoms with E-state index in [4.69, 9.17) is 51.3 Å². The number of aliphatic hydroxyl groups is 10. The van der Waals surface area contributed by atoms with Gasteiger partial charge in [0.05, 0.1) is 114 Å². The maximum absolute atomic E-state index is 13.9. The number of hydrogen-bond donors (Lipinski definition) is 12. The van der Waals surface area contributed by atoms with Crippen molar-refractivity contribution in [1.82, 2.24) is 14.7 Å². The SMILES string of the molecule is C.CC.CC.COC[C@@H]1C[C@@H](OP(=O)(O)OC[C@@H]2C[C@@H](OP(=O)(O)OC[C@@H]3C[C@@H](O)CN3C(=O)CCCO[C@@H]3OC(CO)[C@H](O)[C@H](O)C3C)CN2C(=O)CCCO[C@@H]2OC(CO)[C@H](O)[C@H](O)C2C)CN1C(=O)CCCO[C@@H]1OC(CO)[C@H](O)[C@H](O)C1C. The lowest BCUT2D eigenvalue weighted by molar-refractivity contribution is -0.282. The van der Waals surface area contributed by atoms with Crippen molar-refractivity contribution in [2.45, 2.75) is 224 Å². The van der Waals surface area contributed by atoms with Crippen LogP contribution in [0, 0.1) is 17.8 Å². The van der Waals surface area contributed by atoms with Gasteiger partial charge in [-0.1, -0.05) is 55.9 Å². The Morgan fingerprint density at radius 2 is 0.782 bits per heavy atom. The highest BCUT2D eigenvalue weighted by Crippen LogP contribution is 2.50. The molecular formula is C54H103N3O28P2. The van der Waals surface area contributed by atoms with E-state index in [9.17, 15) is 84.4 Å². The molecule has 6 saturated heterocycles. The topological polar surface area (TPSA) is 439 Å². The molecule has 6 fully saturated rings. The van der Waals surface area contributed by atoms with Gasteiger partial charge in [0.1, 0.15) is 36.6 Å². The van der Waals surface area contributed by atoms with Crippen molar-refractivity contribution in [3.8, 4) is 0 Å². The van der Waals surface area contributed by atoms with Crippen LogP contribution in [0.3, 0.4) is 0 Å². The molecule has 0 saturated carbocycles. The van der Waals surface area contributed by atoms with E-state index in [1.807, 2.05) is 27.7 Å². The number of nitrogens with zero attached hydrogens (tertiary/aromatic N) is 3. The molecule has 0 aromatic carbocycles. The number of phosphoric acid groups is 2. The first-order valence-electron chi connectivity index (χ1n) is 29.9. The number of likely N-dealkylation sites (tertiary alicyclic amines) is 3. The van der Waals surface area contributed by atoms with Crippen molar-refractivity contribution in [2.75, 3.05) is 86.2 Å². The van der Waals surface area contributed by atoms with Gasteiger partial charge in [-0.3, -0.25) is 32.5 Å². The molecule has 23 atom stereocenters. The number of carbonyl (C=O) groups is 3. The number of hydrogen-bond acceptors (Lipinski definition) is 26. The quantitative estimate of drug-likeness (QED) is 0.0306. The third-order valence-electron chi connectivity index (χ3n) is 15.9. The molecule has 0 aromatic heterocycles. The summed E-state index contributed by atoms with van der Waals surface area (Å²) in [6, 6.07) is -2.48. The number of amides is 3. The van der Waals surface area contributed by atoms with Crippen LogP contribution in [0.2, 0.25) is 0 Å². The highest BCUT2D eigenvalue weighted by atomic mass is 31.2. The Morgan fingerprint density at radius 3 is 1.09 bits per heavy atom. The lowest BCUT2D eigenvalue weighted by atomic mass is 9.92. The molecule has 6 aliphatic heterocycles. The first-order valence-corrected chi connectivity index (χ1v) is 32.9. The summed E-state index contributed by atoms with van der Waals surface area (Å²) >= 11 is 0. The smallest absolute Gasteiger partial charge is 0.394 e. The van der Waals surface area contributed by atoms with Crippen molar-refractivity contribution in [3.05, 3.63) is 0 Å². The summed E-state index contributed by atoms with van der Waals surface area (Å²) in [6.45, 7) is 9.31. The zero-order valence-electron chi connectivity index (χ0n) is 50.6. The van der Waals surface area contributed by atoms with Gasteiger partial charge in [0, 0.05) is 63.8 Å². The molecule has 3 amide bonds. The maximum Gasteiger partial charge on any atom is 0.472 e. The summed E-state index contributed by atoms with van der Waals surface area (Å²) in [7, 11) is -8.55. The van der Waals surface area contributed by atoms with Crippen molar-refractivity contribution in [1.29, 1.82) is 0 Å². The number of ether oxygens (including phenoxy) is 7. The maximum atomic E-state index is 13.9. The number of phosphoric ester groups is 2. The average Bonchev–Trinajstić information content (AvgIpc) is 2.90. The van der Waals surface area contributed by atoms with Gasteiger partial charge in [0.25, 0.3) is 0 Å². The van der Waals surface area contributed by atoms with E-state index < -0.39 is 188 Å². The van der Waals surface area contributed by atoms with Gasteiger partial charge < -0.3 is 109 Å². The van der Waals surface area contributed by atoms with Gasteiger partial charge in [-0.2, -0.15) is 0 Å². The molecule has 12 N–H and O–H groups in total. The summed E-state index contributed by atoms with van der Waals surface area (Å²) < 4.78 is 88.4. The molecule has 6 heterocycles. The summed E-state index contributed by atoms with van der Waals surface area (Å²) in [6.07, 6.45) is -17.1. The van der Waals surface area contributed by atoms with Crippen LogP contribution < -0.4 is 0 Å². The average molecular weight is 1300 g/mol. The molecule has 6 aliphatic rings. The minimum absolute atomic E-state index is 0. The standard InChI is InChI=1S/C49H87N3O28P2.2C2H6.CH4/c1-26-41(60)44(63)35(20-53)76-47(26)71-11-5-8-38(57)50-17-32(56)14-29(50)24-74-81(66,67)80-34-16-31(52(19-34)40(59)10-7-13-73-49-28(3)43(62)46(65)37(22-55)78-49)25-75-82(68,69)79-33-15-30(23-70-4)51(18-33)39(58)9-6-12-72-48-27(2)42(61)45(64)36(21-54)77-48;2*1-2;/h26-37,41-49,53-56,60-65H,5-25H2,1-4H3,(H,66,67)(H,68,69);2*1-2H3;1H4/t26?,27?,28?,29-,30-,31-,32+,33+,34+,35?,36?,37?,41+,42+,43+,44-,45-,46-,47+,48+,49+;;;/m0.../s1. The third-order valence-corrected chi connectivity index (χ3v) is 18.0. The minimum Gasteiger partial charge on any atom is -0.394 e. The van der Waals surface area contributed by atoms with Crippen molar-refractivity contribution in [3.63, 3.8) is 0 Å². The molecule has 87 heavy (non-hydrogen) atoms. The van der Waals surface area contributed by atoms with Crippen LogP contribution in [0.15, 0.2) is 0 Å². The van der Waals surface area contributed by atoms with E-state index in [2.05, 4.69) is 0 Å². The molecule has 6 rings (SSSR count). The number of β-amino-alcohol motifs (C(OH)–C–C–N with tert-alkyl or cyclic N) is 1. The molecule has 0 aromatic rings. The van der Waals surface area contributed by atoms with Gasteiger partial charge in [-0.15, -0.1) is 0 Å². The molecule has 0 aliphatic carbocycles. The van der Waals surface area contributed by atoms with Gasteiger partial charge in [0.2, 0.25) is 17.7 Å². The van der Waals surface area contributed by atoms with Gasteiger partial charge in [-0.25, -0.2) is 9.13 Å². The van der Waals surface area contributed by atoms with Crippen LogP contribution in [0.25, 0.3) is 0 Å². The molecule has 0 bridgehead atoms. The van der Waals surface area contributed by atoms with Crippen molar-refractivity contribution in [2.24, 2.45) is 17.8 Å². The second-order valence-electron chi connectivity index (χ2n) is 22.0. The highest BCUT2D eigenvalue weighted by Gasteiger charge is 2.47. The molecular weight excluding hydrogens is 1200 g/mol. The molecule has 8 unspecified atom stereocenters. The fraction of sp³-hybridized carbons (Fsp3) is 0.944. The van der Waals surface area contributed by atoms with E-state index in [1.54, 1.807) is 20.8 Å². The van der Waals surface area contributed by atoms with E-state index in [1.165, 1.54) is 21.8 Å². The van der Waals surface area contributed by atoms with Crippen LogP contribution >= 0.6 is 15.6 Å². The number of rotatable bonds is 30. The molecule has 0 spiro atoms. The summed E-state index contributed by atoms with van der Waals surface area (Å²) in [5, 5.41) is 101. The molecule has 31 nitrogen and oxygen atoms in total. The molecule has 512 valence electrons. The lowest BCUT2D eigenvalue weighted by Crippen LogP contribution is -2.55. The van der Waals surface area contributed by atoms with Crippen LogP contribution in [-0.4, -0.2) is 290 Å². The molecule has 0 radical (unpaired) electrons. The van der Waals surface area contributed by atoms with Crippen LogP contribution in [0.4, 0.5) is 0 Å². The summed E-state index contributed by atoms with van der Waals surface area (Å²) in [4.78, 5) is 66.7. The monoisotopic (exact) mass is 1300 g/mol. The Kier molecular flexibility index (Phi) is 34.8. The Labute approximate surface area is 510 Å². The van der Waals surface area contributed by atoms with Crippen molar-refractivity contribution < 1.29 is 136 Å². The number of aliphatic hydroxyl groups excluding tert-OH is 10. The van der Waals surface area contributed by atoms with Crippen molar-refractivity contribution >= 4 is 33.4 Å². The number of carbonyl (C=O) groups excluding carboxylic acids is 3. The fourth-order valence-electron chi connectivity index (χ4n) is 11.1. The van der Waals surface area contributed by atoms with Crippen LogP contribution in [0.1, 0.15) is 114 Å². The van der Waals surface area contributed by atoms with Gasteiger partial charge >= 0.3 is 15.6 Å². The summed E-state index contributed by atoms with van der Waals surface area (Å²) in [5.41, 5.74) is 0. The van der Waals surface area contributed by atoms with E-state index in [0.29, 0.717) is 0 Å². The first-order chi connectivity index (χ1) is 40.8. The number of methoxy groups -OCH3 is 1. The zero-order valence-corrected chi connectivity index (χ0v) is 52.4. The second kappa shape index (κ2) is 38.2. The Hall–Kier alpha value is -2.05. The molecule has 33 heteroatoms. The lowest BCUT2D eigenvalue weighted by Gasteiger charge is -2.40. The van der Waals surface area contributed by atoms with Crippen LogP contribution in [0.5, 0.6) is 0 Å². The van der Waals surface area contributed by atoms with Gasteiger partial charge in [-0.05, 0) is 38.5 Å². The Morgan fingerprint density at radius 1 is 0.483 bits per heavy atom. The zero-order chi connectivity index (χ0) is 64.2.